The highest BCUT2D eigenvalue weighted by Crippen LogP contribution is 2.39. The lowest BCUT2D eigenvalue weighted by Crippen LogP contribution is -2.02. The summed E-state index contributed by atoms with van der Waals surface area (Å²) in [6.45, 7) is 0. The van der Waals surface area contributed by atoms with E-state index in [2.05, 4.69) is 0 Å². The third-order valence-corrected chi connectivity index (χ3v) is 4.26. The van der Waals surface area contributed by atoms with Gasteiger partial charge in [-0.25, -0.2) is 4.79 Å². The van der Waals surface area contributed by atoms with E-state index in [9.17, 15) is 4.79 Å². The van der Waals surface area contributed by atoms with Crippen LogP contribution in [-0.2, 0) is 4.74 Å². The lowest BCUT2D eigenvalue weighted by Gasteiger charge is -1.95. The Morgan fingerprint density at radius 2 is 1.94 bits per heavy atom. The number of ether oxygens (including phenoxy) is 1. The van der Waals surface area contributed by atoms with Gasteiger partial charge >= 0.3 is 5.97 Å². The molecule has 0 spiro atoms. The van der Waals surface area contributed by atoms with Gasteiger partial charge in [-0.3, -0.25) is 0 Å². The van der Waals surface area contributed by atoms with Crippen LogP contribution >= 0.6 is 10.5 Å². The summed E-state index contributed by atoms with van der Waals surface area (Å²) in [5.74, 6) is -0.352. The molecule has 1 atom stereocenters. The SMILES string of the molecule is COC(=O)c1c(N)cc[s+]1-c1ccccc1. The molecule has 0 aliphatic carbocycles. The van der Waals surface area contributed by atoms with E-state index >= 15 is 0 Å². The van der Waals surface area contributed by atoms with Crippen LogP contribution in [0.3, 0.4) is 0 Å². The van der Waals surface area contributed by atoms with Crippen molar-refractivity contribution in [3.8, 4) is 4.90 Å². The van der Waals surface area contributed by atoms with Gasteiger partial charge in [0.2, 0.25) is 0 Å². The van der Waals surface area contributed by atoms with Crippen LogP contribution in [0.15, 0.2) is 41.8 Å². The number of anilines is 1. The summed E-state index contributed by atoms with van der Waals surface area (Å²) < 4.78 is 4.75. The smallest absolute Gasteiger partial charge is 0.393 e. The molecule has 1 heterocycles. The first-order chi connectivity index (χ1) is 7.74. The average Bonchev–Trinajstić information content (AvgIpc) is 2.71. The van der Waals surface area contributed by atoms with E-state index in [1.165, 1.54) is 7.11 Å². The molecule has 1 unspecified atom stereocenters. The summed E-state index contributed by atoms with van der Waals surface area (Å²) in [6, 6.07) is 11.6. The maximum atomic E-state index is 11.6. The number of hydrogen-bond acceptors (Lipinski definition) is 3. The maximum Gasteiger partial charge on any atom is 0.393 e. The van der Waals surface area contributed by atoms with Crippen molar-refractivity contribution < 1.29 is 9.53 Å². The second-order valence-corrected chi connectivity index (χ2v) is 5.06. The predicted octanol–water partition coefficient (Wildman–Crippen LogP) is 2.79. The number of thiophene rings is 1. The lowest BCUT2D eigenvalue weighted by molar-refractivity contribution is 0.0607. The molecule has 1 aromatic heterocycles. The number of esters is 1. The van der Waals surface area contributed by atoms with Gasteiger partial charge in [0.05, 0.1) is 7.11 Å². The zero-order chi connectivity index (χ0) is 11.5. The van der Waals surface area contributed by atoms with Crippen LogP contribution in [0, 0.1) is 0 Å². The van der Waals surface area contributed by atoms with E-state index in [0.717, 1.165) is 4.90 Å². The summed E-state index contributed by atoms with van der Waals surface area (Å²) >= 11 is 0. The molecule has 3 nitrogen and oxygen atoms in total. The first-order valence-electron chi connectivity index (χ1n) is 4.78. The van der Waals surface area contributed by atoms with Gasteiger partial charge in [0, 0.05) is 16.5 Å². The largest absolute Gasteiger partial charge is 0.462 e. The minimum absolute atomic E-state index is 0.352. The number of methoxy groups -OCH3 is 1. The Hall–Kier alpha value is -1.81. The lowest BCUT2D eigenvalue weighted by atomic mass is 10.4. The van der Waals surface area contributed by atoms with E-state index in [1.54, 1.807) is 6.07 Å². The second-order valence-electron chi connectivity index (χ2n) is 3.23. The summed E-state index contributed by atoms with van der Waals surface area (Å²) in [5.41, 5.74) is 6.28. The summed E-state index contributed by atoms with van der Waals surface area (Å²) in [4.78, 5) is 13.2. The molecule has 2 N–H and O–H groups in total. The molecule has 4 heteroatoms. The molecule has 0 amide bonds. The van der Waals surface area contributed by atoms with Gasteiger partial charge in [-0.1, -0.05) is 18.2 Å². The van der Waals surface area contributed by atoms with Crippen LogP contribution in [0.25, 0.3) is 4.90 Å². The van der Waals surface area contributed by atoms with Crippen molar-refractivity contribution in [2.45, 2.75) is 0 Å². The zero-order valence-corrected chi connectivity index (χ0v) is 9.66. The molecule has 0 aliphatic rings. The molecular weight excluding hydrogens is 222 g/mol. The highest BCUT2D eigenvalue weighted by molar-refractivity contribution is 7.40. The highest BCUT2D eigenvalue weighted by Gasteiger charge is 2.27. The highest BCUT2D eigenvalue weighted by atomic mass is 32.2. The van der Waals surface area contributed by atoms with Crippen LogP contribution in [-0.4, -0.2) is 13.1 Å². The van der Waals surface area contributed by atoms with Crippen molar-refractivity contribution in [1.82, 2.24) is 0 Å². The van der Waals surface area contributed by atoms with E-state index in [0.29, 0.717) is 10.6 Å². The normalized spacial score (nSPS) is 11.2. The molecule has 0 radical (unpaired) electrons. The third kappa shape index (κ3) is 1.79. The van der Waals surface area contributed by atoms with Crippen molar-refractivity contribution in [2.75, 3.05) is 12.8 Å². The van der Waals surface area contributed by atoms with E-state index in [1.807, 2.05) is 35.7 Å². The fraction of sp³-hybridized carbons (Fsp3) is 0.0833. The standard InChI is InChI=1S/C12H11NO2S/c1-15-12(14)11-10(13)7-8-16(11)9-5-3-2-4-6-9/h2-8H,1H3,(H-,13,14)/p+1. The van der Waals surface area contributed by atoms with Crippen LogP contribution < -0.4 is 5.73 Å². The topological polar surface area (TPSA) is 52.3 Å². The molecule has 0 bridgehead atoms. The molecule has 0 fully saturated rings. The number of benzene rings is 1. The predicted molar refractivity (Wildman–Crippen MR) is 66.0 cm³/mol. The quantitative estimate of drug-likeness (QED) is 0.642. The number of carbonyl (C=O) groups excluding carboxylic acids is 1. The Morgan fingerprint density at radius 1 is 1.25 bits per heavy atom. The van der Waals surface area contributed by atoms with Gasteiger partial charge in [0.25, 0.3) is 4.88 Å². The van der Waals surface area contributed by atoms with Gasteiger partial charge < -0.3 is 10.5 Å². The van der Waals surface area contributed by atoms with E-state index in [-0.39, 0.29) is 16.4 Å². The number of nitrogen functional groups attached to an aromatic ring is 1. The van der Waals surface area contributed by atoms with Gasteiger partial charge in [-0.05, 0) is 12.1 Å². The first kappa shape index (κ1) is 10.7. The molecular formula is C12H12NO2S+. The minimum atomic E-state index is -0.389. The molecule has 82 valence electrons. The maximum absolute atomic E-state index is 11.6. The van der Waals surface area contributed by atoms with Gasteiger partial charge in [-0.2, -0.15) is 0 Å². The molecule has 1 aromatic carbocycles. The first-order valence-corrected chi connectivity index (χ1v) is 6.07. The van der Waals surface area contributed by atoms with E-state index in [4.69, 9.17) is 10.5 Å². The Kier molecular flexibility index (Phi) is 2.92. The number of carbonyl (C=O) groups is 1. The van der Waals surface area contributed by atoms with Gasteiger partial charge in [-0.15, -0.1) is 0 Å². The number of hydrogen-bond donors (Lipinski definition) is 1. The Morgan fingerprint density at radius 3 is 2.56 bits per heavy atom. The van der Waals surface area contributed by atoms with Crippen molar-refractivity contribution in [2.24, 2.45) is 0 Å². The summed E-state index contributed by atoms with van der Waals surface area (Å²) in [7, 11) is 0.980. The Bertz CT molecular complexity index is 505. The minimum Gasteiger partial charge on any atom is -0.462 e. The number of nitrogens with two attached hydrogens (primary N) is 1. The second kappa shape index (κ2) is 4.37. The molecule has 2 rings (SSSR count). The van der Waals surface area contributed by atoms with E-state index < -0.39 is 0 Å². The van der Waals surface area contributed by atoms with Crippen molar-refractivity contribution >= 4 is 22.1 Å². The Balaban J connectivity index is 2.55. The third-order valence-electron chi connectivity index (χ3n) is 2.23. The monoisotopic (exact) mass is 234 g/mol. The summed E-state index contributed by atoms with van der Waals surface area (Å²) in [6.07, 6.45) is 0. The zero-order valence-electron chi connectivity index (χ0n) is 8.84. The molecule has 0 aliphatic heterocycles. The van der Waals surface area contributed by atoms with Crippen molar-refractivity contribution in [1.29, 1.82) is 0 Å². The molecule has 16 heavy (non-hydrogen) atoms. The molecule has 0 saturated carbocycles. The summed E-state index contributed by atoms with van der Waals surface area (Å²) in [5, 5.41) is 1.94. The number of rotatable bonds is 2. The van der Waals surface area contributed by atoms with Gasteiger partial charge in [0.1, 0.15) is 11.1 Å². The molecule has 2 aromatic rings. The fourth-order valence-electron chi connectivity index (χ4n) is 1.48. The Labute approximate surface area is 96.4 Å². The van der Waals surface area contributed by atoms with Crippen LogP contribution in [0.5, 0.6) is 0 Å². The van der Waals surface area contributed by atoms with Gasteiger partial charge in [0.15, 0.2) is 4.90 Å². The van der Waals surface area contributed by atoms with Crippen LogP contribution in [0.4, 0.5) is 5.69 Å². The molecule has 0 saturated heterocycles. The van der Waals surface area contributed by atoms with Crippen LogP contribution in [0.1, 0.15) is 9.67 Å². The van der Waals surface area contributed by atoms with Crippen molar-refractivity contribution in [3.63, 3.8) is 0 Å². The van der Waals surface area contributed by atoms with Crippen molar-refractivity contribution in [3.05, 3.63) is 46.7 Å². The fourth-order valence-corrected chi connectivity index (χ4v) is 3.32. The van der Waals surface area contributed by atoms with Crippen LogP contribution in [0.2, 0.25) is 0 Å². The average molecular weight is 234 g/mol.